The van der Waals surface area contributed by atoms with Crippen LogP contribution in [0.15, 0.2) is 30.3 Å². The van der Waals surface area contributed by atoms with Crippen molar-refractivity contribution in [1.29, 1.82) is 0 Å². The van der Waals surface area contributed by atoms with Crippen molar-refractivity contribution in [2.75, 3.05) is 32.1 Å². The molecule has 0 aliphatic rings. The van der Waals surface area contributed by atoms with Gasteiger partial charge in [0.2, 0.25) is 0 Å². The summed E-state index contributed by atoms with van der Waals surface area (Å²) in [4.78, 5) is 26.8. The lowest BCUT2D eigenvalue weighted by molar-refractivity contribution is 0.0774. The third-order valence-corrected chi connectivity index (χ3v) is 4.59. The Kier molecular flexibility index (Phi) is 7.59. The van der Waals surface area contributed by atoms with E-state index in [1.165, 1.54) is 25.3 Å². The van der Waals surface area contributed by atoms with E-state index < -0.39 is 11.9 Å². The maximum atomic E-state index is 13.9. The van der Waals surface area contributed by atoms with Crippen molar-refractivity contribution in [1.82, 2.24) is 4.90 Å². The number of ether oxygens (including phenoxy) is 2. The van der Waals surface area contributed by atoms with Gasteiger partial charge in [-0.05, 0) is 69.2 Å². The van der Waals surface area contributed by atoms with E-state index in [2.05, 4.69) is 5.32 Å². The van der Waals surface area contributed by atoms with E-state index >= 15 is 0 Å². The molecule has 7 heteroatoms. The highest BCUT2D eigenvalue weighted by Crippen LogP contribution is 2.35. The molecule has 0 bridgehead atoms. The minimum absolute atomic E-state index is 0.211. The first-order valence-electron chi connectivity index (χ1n) is 9.57. The molecule has 0 aromatic heterocycles. The fourth-order valence-corrected chi connectivity index (χ4v) is 3.13. The van der Waals surface area contributed by atoms with Crippen molar-refractivity contribution in [3.8, 4) is 16.9 Å². The molecule has 0 atom stereocenters. The number of halogens is 1. The Hall–Kier alpha value is -3.09. The Morgan fingerprint density at radius 3 is 2.38 bits per heavy atom. The lowest BCUT2D eigenvalue weighted by atomic mass is 9.96. The zero-order chi connectivity index (χ0) is 21.6. The summed E-state index contributed by atoms with van der Waals surface area (Å²) in [6.07, 6.45) is -0.639. The molecule has 0 radical (unpaired) electrons. The Balaban J connectivity index is 2.67. The first kappa shape index (κ1) is 22.2. The van der Waals surface area contributed by atoms with E-state index in [9.17, 15) is 14.0 Å². The third kappa shape index (κ3) is 5.04. The molecule has 2 aromatic rings. The number of methoxy groups -OCH3 is 1. The molecular weight excluding hydrogens is 375 g/mol. The Morgan fingerprint density at radius 2 is 1.79 bits per heavy atom. The monoisotopic (exact) mass is 402 g/mol. The Bertz CT molecular complexity index is 895. The number of benzene rings is 2. The number of rotatable bonds is 7. The molecule has 0 aliphatic carbocycles. The van der Waals surface area contributed by atoms with Gasteiger partial charge < -0.3 is 14.4 Å². The second-order valence-corrected chi connectivity index (χ2v) is 6.38. The molecule has 6 nitrogen and oxygen atoms in total. The summed E-state index contributed by atoms with van der Waals surface area (Å²) in [6, 6.07) is 7.63. The van der Waals surface area contributed by atoms with Gasteiger partial charge in [-0.25, -0.2) is 9.18 Å². The van der Waals surface area contributed by atoms with Gasteiger partial charge in [-0.3, -0.25) is 10.1 Å². The molecular formula is C22H27FN2O4. The van der Waals surface area contributed by atoms with Gasteiger partial charge >= 0.3 is 6.09 Å². The van der Waals surface area contributed by atoms with Gasteiger partial charge in [0.05, 0.1) is 25.0 Å². The first-order chi connectivity index (χ1) is 13.9. The number of nitrogens with zero attached hydrogens (tertiary/aromatic N) is 1. The quantitative estimate of drug-likeness (QED) is 0.718. The van der Waals surface area contributed by atoms with Crippen LogP contribution in [0.25, 0.3) is 11.1 Å². The van der Waals surface area contributed by atoms with Crippen LogP contribution in [0, 0.1) is 12.7 Å². The maximum absolute atomic E-state index is 13.9. The number of carbonyl (C=O) groups excluding carboxylic acids is 2. The van der Waals surface area contributed by atoms with Crippen LogP contribution in [0.1, 0.15) is 36.7 Å². The fourth-order valence-electron chi connectivity index (χ4n) is 3.13. The number of nitrogens with one attached hydrogen (secondary N) is 1. The van der Waals surface area contributed by atoms with Gasteiger partial charge in [-0.15, -0.1) is 0 Å². The molecule has 0 aliphatic heterocycles. The molecule has 0 unspecified atom stereocenters. The lowest BCUT2D eigenvalue weighted by Gasteiger charge is -2.22. The van der Waals surface area contributed by atoms with Crippen molar-refractivity contribution in [3.05, 3.63) is 47.3 Å². The van der Waals surface area contributed by atoms with E-state index in [1.54, 1.807) is 30.9 Å². The minimum Gasteiger partial charge on any atom is -0.496 e. The molecule has 29 heavy (non-hydrogen) atoms. The number of hydrogen-bond acceptors (Lipinski definition) is 4. The van der Waals surface area contributed by atoms with Crippen molar-refractivity contribution in [3.63, 3.8) is 0 Å². The number of aryl methyl sites for hydroxylation is 1. The summed E-state index contributed by atoms with van der Waals surface area (Å²) >= 11 is 0. The standard InChI is InChI=1S/C22H27FN2O4/c1-6-25(7-2)21(26)18-12-15(17-13-16(23)9-10-19(17)28-5)11-14(4)20(18)24-22(27)29-8-3/h9-13H,6-8H2,1-5H3,(H,24,27). The number of anilines is 1. The predicted octanol–water partition coefficient (Wildman–Crippen LogP) is 4.86. The van der Waals surface area contributed by atoms with Gasteiger partial charge in [0.15, 0.2) is 0 Å². The minimum atomic E-state index is -0.639. The van der Waals surface area contributed by atoms with E-state index in [0.29, 0.717) is 46.8 Å². The average molecular weight is 402 g/mol. The molecule has 0 spiro atoms. The van der Waals surface area contributed by atoms with Crippen LogP contribution in [0.2, 0.25) is 0 Å². The topological polar surface area (TPSA) is 67.9 Å². The Morgan fingerprint density at radius 1 is 1.10 bits per heavy atom. The summed E-state index contributed by atoms with van der Waals surface area (Å²) in [7, 11) is 1.50. The van der Waals surface area contributed by atoms with E-state index in [-0.39, 0.29) is 12.5 Å². The molecule has 2 aromatic carbocycles. The lowest BCUT2D eigenvalue weighted by Crippen LogP contribution is -2.31. The van der Waals surface area contributed by atoms with Crippen LogP contribution in [0.5, 0.6) is 5.75 Å². The van der Waals surface area contributed by atoms with Crippen LogP contribution in [-0.2, 0) is 4.74 Å². The zero-order valence-corrected chi connectivity index (χ0v) is 17.5. The summed E-state index contributed by atoms with van der Waals surface area (Å²) < 4.78 is 24.2. The predicted molar refractivity (Wildman–Crippen MR) is 111 cm³/mol. The maximum Gasteiger partial charge on any atom is 0.411 e. The summed E-state index contributed by atoms with van der Waals surface area (Å²) in [5.41, 5.74) is 2.47. The normalized spacial score (nSPS) is 10.4. The molecule has 1 N–H and O–H groups in total. The smallest absolute Gasteiger partial charge is 0.411 e. The van der Waals surface area contributed by atoms with E-state index in [1.807, 2.05) is 13.8 Å². The highest BCUT2D eigenvalue weighted by atomic mass is 19.1. The zero-order valence-electron chi connectivity index (χ0n) is 17.5. The molecule has 0 saturated carbocycles. The highest BCUT2D eigenvalue weighted by Gasteiger charge is 2.22. The molecule has 0 saturated heterocycles. The highest BCUT2D eigenvalue weighted by molar-refractivity contribution is 6.04. The van der Waals surface area contributed by atoms with Gasteiger partial charge in [0.1, 0.15) is 11.6 Å². The first-order valence-corrected chi connectivity index (χ1v) is 9.57. The second kappa shape index (κ2) is 9.91. The SMILES string of the molecule is CCOC(=O)Nc1c(C)cc(-c2cc(F)ccc2OC)cc1C(=O)N(CC)CC. The van der Waals surface area contributed by atoms with Crippen LogP contribution < -0.4 is 10.1 Å². The van der Waals surface area contributed by atoms with Crippen molar-refractivity contribution in [2.45, 2.75) is 27.7 Å². The fraction of sp³-hybridized carbons (Fsp3) is 0.364. The molecule has 0 fully saturated rings. The van der Waals surface area contributed by atoms with Gasteiger partial charge in [-0.1, -0.05) is 0 Å². The summed E-state index contributed by atoms with van der Waals surface area (Å²) in [5, 5.41) is 2.67. The number of amides is 2. The van der Waals surface area contributed by atoms with Crippen LogP contribution >= 0.6 is 0 Å². The van der Waals surface area contributed by atoms with Crippen molar-refractivity contribution < 1.29 is 23.5 Å². The summed E-state index contributed by atoms with van der Waals surface area (Å²) in [6.45, 7) is 8.48. The van der Waals surface area contributed by atoms with E-state index in [0.717, 1.165) is 0 Å². The molecule has 0 heterocycles. The van der Waals surface area contributed by atoms with Crippen molar-refractivity contribution in [2.24, 2.45) is 0 Å². The van der Waals surface area contributed by atoms with E-state index in [4.69, 9.17) is 9.47 Å². The second-order valence-electron chi connectivity index (χ2n) is 6.38. The average Bonchev–Trinajstić information content (AvgIpc) is 2.70. The van der Waals surface area contributed by atoms with Gasteiger partial charge in [0, 0.05) is 18.7 Å². The summed E-state index contributed by atoms with van der Waals surface area (Å²) in [5.74, 6) is -0.163. The molecule has 2 rings (SSSR count). The number of hydrogen-bond donors (Lipinski definition) is 1. The van der Waals surface area contributed by atoms with Crippen LogP contribution in [0.4, 0.5) is 14.9 Å². The Labute approximate surface area is 170 Å². The van der Waals surface area contributed by atoms with Gasteiger partial charge in [-0.2, -0.15) is 0 Å². The third-order valence-electron chi connectivity index (χ3n) is 4.59. The molecule has 2 amide bonds. The largest absolute Gasteiger partial charge is 0.496 e. The number of carbonyl (C=O) groups is 2. The van der Waals surface area contributed by atoms with Gasteiger partial charge in [0.25, 0.3) is 5.91 Å². The van der Waals surface area contributed by atoms with Crippen LogP contribution in [-0.4, -0.2) is 43.7 Å². The van der Waals surface area contributed by atoms with Crippen molar-refractivity contribution >= 4 is 17.7 Å². The van der Waals surface area contributed by atoms with Crippen LogP contribution in [0.3, 0.4) is 0 Å². The molecule has 156 valence electrons.